The Hall–Kier alpha value is -2.14. The first kappa shape index (κ1) is 13.3. The zero-order valence-corrected chi connectivity index (χ0v) is 10.5. The molecule has 4 nitrogen and oxygen atoms in total. The van der Waals surface area contributed by atoms with Crippen LogP contribution in [0.1, 0.15) is 22.2 Å². The number of amides is 1. The highest BCUT2D eigenvalue weighted by molar-refractivity contribution is 5.94. The average molecular weight is 262 g/mol. The van der Waals surface area contributed by atoms with Gasteiger partial charge < -0.3 is 15.0 Å². The van der Waals surface area contributed by atoms with Gasteiger partial charge in [-0.15, -0.1) is 0 Å². The normalized spacial score (nSPS) is 12.2. The minimum absolute atomic E-state index is 0.105. The molecular weight excluding hydrogens is 247 g/mol. The van der Waals surface area contributed by atoms with Crippen molar-refractivity contribution in [2.45, 2.75) is 6.10 Å². The van der Waals surface area contributed by atoms with E-state index < -0.39 is 6.10 Å². The number of rotatable bonds is 4. The number of aryl methyl sites for hydroxylation is 1. The lowest BCUT2D eigenvalue weighted by Crippen LogP contribution is -2.29. The van der Waals surface area contributed by atoms with Crippen LogP contribution in [0.15, 0.2) is 42.6 Å². The summed E-state index contributed by atoms with van der Waals surface area (Å²) in [5, 5.41) is 12.5. The first-order chi connectivity index (χ1) is 9.08. The molecule has 19 heavy (non-hydrogen) atoms. The molecule has 5 heteroatoms. The predicted molar refractivity (Wildman–Crippen MR) is 69.1 cm³/mol. The van der Waals surface area contributed by atoms with E-state index >= 15 is 0 Å². The average Bonchev–Trinajstić information content (AvgIpc) is 2.83. The minimum Gasteiger partial charge on any atom is -0.385 e. The summed E-state index contributed by atoms with van der Waals surface area (Å²) in [5.74, 6) is -0.728. The fourth-order valence-corrected chi connectivity index (χ4v) is 1.82. The van der Waals surface area contributed by atoms with Gasteiger partial charge in [0.1, 0.15) is 11.9 Å². The lowest BCUT2D eigenvalue weighted by molar-refractivity contribution is 0.0912. The molecule has 0 radical (unpaired) electrons. The van der Waals surface area contributed by atoms with Gasteiger partial charge in [-0.05, 0) is 36.4 Å². The van der Waals surface area contributed by atoms with Gasteiger partial charge in [-0.3, -0.25) is 4.79 Å². The molecule has 0 aliphatic heterocycles. The van der Waals surface area contributed by atoms with Crippen LogP contribution in [0.2, 0.25) is 0 Å². The zero-order valence-electron chi connectivity index (χ0n) is 10.5. The molecule has 0 bridgehead atoms. The number of aliphatic hydroxyl groups is 1. The number of nitrogens with zero attached hydrogens (tertiary/aromatic N) is 1. The number of halogens is 1. The Morgan fingerprint density at radius 3 is 2.63 bits per heavy atom. The molecule has 0 spiro atoms. The molecule has 1 heterocycles. The third-order valence-electron chi connectivity index (χ3n) is 2.89. The molecule has 0 saturated carbocycles. The Labute approximate surface area is 110 Å². The van der Waals surface area contributed by atoms with E-state index in [9.17, 15) is 14.3 Å². The first-order valence-electron chi connectivity index (χ1n) is 5.91. The third-order valence-corrected chi connectivity index (χ3v) is 2.89. The molecule has 2 N–H and O–H groups in total. The summed E-state index contributed by atoms with van der Waals surface area (Å²) < 4.78 is 14.5. The maximum atomic E-state index is 12.7. The van der Waals surface area contributed by atoms with Crippen molar-refractivity contribution < 1.29 is 14.3 Å². The van der Waals surface area contributed by atoms with E-state index in [2.05, 4.69) is 5.32 Å². The summed E-state index contributed by atoms with van der Waals surface area (Å²) in [5.41, 5.74) is 1.08. The second-order valence-electron chi connectivity index (χ2n) is 4.28. The van der Waals surface area contributed by atoms with Gasteiger partial charge in [0.15, 0.2) is 0 Å². The van der Waals surface area contributed by atoms with Gasteiger partial charge in [-0.25, -0.2) is 4.39 Å². The molecule has 0 aliphatic carbocycles. The molecule has 1 aromatic heterocycles. The van der Waals surface area contributed by atoms with Crippen molar-refractivity contribution >= 4 is 5.91 Å². The van der Waals surface area contributed by atoms with E-state index in [0.717, 1.165) is 5.69 Å². The minimum atomic E-state index is -0.774. The lowest BCUT2D eigenvalue weighted by atomic mass is 10.2. The molecule has 0 fully saturated rings. The summed E-state index contributed by atoms with van der Waals surface area (Å²) >= 11 is 0. The van der Waals surface area contributed by atoms with Crippen LogP contribution in [0.25, 0.3) is 0 Å². The van der Waals surface area contributed by atoms with Crippen LogP contribution in [-0.2, 0) is 7.05 Å². The highest BCUT2D eigenvalue weighted by atomic mass is 19.1. The second kappa shape index (κ2) is 5.67. The van der Waals surface area contributed by atoms with Crippen LogP contribution in [0.3, 0.4) is 0 Å². The number of nitrogens with one attached hydrogen (secondary N) is 1. The molecule has 1 atom stereocenters. The van der Waals surface area contributed by atoms with E-state index in [1.54, 1.807) is 10.6 Å². The van der Waals surface area contributed by atoms with Gasteiger partial charge in [-0.1, -0.05) is 0 Å². The maximum Gasteiger partial charge on any atom is 0.251 e. The van der Waals surface area contributed by atoms with Crippen molar-refractivity contribution in [1.29, 1.82) is 0 Å². The molecule has 0 saturated heterocycles. The summed E-state index contributed by atoms with van der Waals surface area (Å²) in [6, 6.07) is 8.86. The quantitative estimate of drug-likeness (QED) is 0.880. The van der Waals surface area contributed by atoms with Crippen molar-refractivity contribution in [2.75, 3.05) is 6.54 Å². The van der Waals surface area contributed by atoms with Crippen LogP contribution in [0, 0.1) is 5.82 Å². The molecule has 2 rings (SSSR count). The van der Waals surface area contributed by atoms with E-state index in [-0.39, 0.29) is 18.3 Å². The zero-order chi connectivity index (χ0) is 13.8. The topological polar surface area (TPSA) is 54.3 Å². The number of hydrogen-bond acceptors (Lipinski definition) is 2. The van der Waals surface area contributed by atoms with Crippen molar-refractivity contribution in [1.82, 2.24) is 9.88 Å². The number of aromatic nitrogens is 1. The molecule has 2 aromatic rings. The summed E-state index contributed by atoms with van der Waals surface area (Å²) in [4.78, 5) is 11.8. The highest BCUT2D eigenvalue weighted by Crippen LogP contribution is 2.11. The van der Waals surface area contributed by atoms with E-state index in [1.807, 2.05) is 19.3 Å². The number of hydrogen-bond donors (Lipinski definition) is 2. The maximum absolute atomic E-state index is 12.7. The Bertz CT molecular complexity index is 563. The monoisotopic (exact) mass is 262 g/mol. The number of carbonyl (C=O) groups is 1. The Morgan fingerprint density at radius 1 is 1.37 bits per heavy atom. The van der Waals surface area contributed by atoms with Crippen LogP contribution in [0.5, 0.6) is 0 Å². The van der Waals surface area contributed by atoms with E-state index in [1.165, 1.54) is 24.3 Å². The first-order valence-corrected chi connectivity index (χ1v) is 5.91. The SMILES string of the molecule is Cn1cccc1C(O)CNC(=O)c1ccc(F)cc1. The molecule has 1 aromatic carbocycles. The fourth-order valence-electron chi connectivity index (χ4n) is 1.82. The van der Waals surface area contributed by atoms with Gasteiger partial charge in [0.05, 0.1) is 0 Å². The van der Waals surface area contributed by atoms with Gasteiger partial charge in [0.25, 0.3) is 5.91 Å². The van der Waals surface area contributed by atoms with Crippen molar-refractivity contribution in [2.24, 2.45) is 7.05 Å². The van der Waals surface area contributed by atoms with Crippen LogP contribution < -0.4 is 5.32 Å². The molecular formula is C14H15FN2O2. The molecule has 1 unspecified atom stereocenters. The smallest absolute Gasteiger partial charge is 0.251 e. The lowest BCUT2D eigenvalue weighted by Gasteiger charge is -2.13. The Morgan fingerprint density at radius 2 is 2.05 bits per heavy atom. The van der Waals surface area contributed by atoms with Crippen molar-refractivity contribution in [3.8, 4) is 0 Å². The van der Waals surface area contributed by atoms with Gasteiger partial charge in [0, 0.05) is 31.0 Å². The third kappa shape index (κ3) is 3.20. The van der Waals surface area contributed by atoms with E-state index in [0.29, 0.717) is 5.56 Å². The molecule has 100 valence electrons. The standard InChI is InChI=1S/C14H15FN2O2/c1-17-8-2-3-12(17)13(18)9-16-14(19)10-4-6-11(15)7-5-10/h2-8,13,18H,9H2,1H3,(H,16,19). The van der Waals surface area contributed by atoms with Crippen LogP contribution >= 0.6 is 0 Å². The number of benzene rings is 1. The summed E-state index contributed by atoms with van der Waals surface area (Å²) in [6.07, 6.45) is 1.05. The van der Waals surface area contributed by atoms with Crippen molar-refractivity contribution in [3.05, 3.63) is 59.7 Å². The van der Waals surface area contributed by atoms with Gasteiger partial charge >= 0.3 is 0 Å². The molecule has 1 amide bonds. The number of aliphatic hydroxyl groups excluding tert-OH is 1. The molecule has 0 aliphatic rings. The van der Waals surface area contributed by atoms with Gasteiger partial charge in [-0.2, -0.15) is 0 Å². The van der Waals surface area contributed by atoms with E-state index in [4.69, 9.17) is 0 Å². The number of carbonyl (C=O) groups excluding carboxylic acids is 1. The summed E-state index contributed by atoms with van der Waals surface area (Å²) in [6.45, 7) is 0.105. The Balaban J connectivity index is 1.94. The fraction of sp³-hybridized carbons (Fsp3) is 0.214. The Kier molecular flexibility index (Phi) is 3.97. The second-order valence-corrected chi connectivity index (χ2v) is 4.28. The van der Waals surface area contributed by atoms with Crippen LogP contribution in [0.4, 0.5) is 4.39 Å². The summed E-state index contributed by atoms with van der Waals surface area (Å²) in [7, 11) is 1.82. The van der Waals surface area contributed by atoms with Gasteiger partial charge in [0.2, 0.25) is 0 Å². The predicted octanol–water partition coefficient (Wildman–Crippen LogP) is 1.63. The highest BCUT2D eigenvalue weighted by Gasteiger charge is 2.12. The van der Waals surface area contributed by atoms with Crippen LogP contribution in [-0.4, -0.2) is 22.1 Å². The van der Waals surface area contributed by atoms with Crippen molar-refractivity contribution in [3.63, 3.8) is 0 Å². The largest absolute Gasteiger partial charge is 0.385 e.